The minimum atomic E-state index is -0.331. The lowest BCUT2D eigenvalue weighted by atomic mass is 10.1. The van der Waals surface area contributed by atoms with Gasteiger partial charge in [-0.05, 0) is 24.6 Å². The van der Waals surface area contributed by atoms with E-state index in [2.05, 4.69) is 26.0 Å². The highest BCUT2D eigenvalue weighted by molar-refractivity contribution is 9.10. The third-order valence-corrected chi connectivity index (χ3v) is 3.38. The maximum Gasteiger partial charge on any atom is 0.320 e. The number of rotatable bonds is 5. The Hall–Kier alpha value is -0.580. The van der Waals surface area contributed by atoms with Crippen LogP contribution >= 0.6 is 27.5 Å². The van der Waals surface area contributed by atoms with E-state index in [4.69, 9.17) is 11.6 Å². The smallest absolute Gasteiger partial charge is 0.320 e. The van der Waals surface area contributed by atoms with E-state index in [0.717, 1.165) is 5.56 Å². The zero-order valence-corrected chi connectivity index (χ0v) is 12.1. The third kappa shape index (κ3) is 4.66. The highest BCUT2D eigenvalue weighted by Crippen LogP contribution is 2.16. The van der Waals surface area contributed by atoms with E-state index in [9.17, 15) is 4.79 Å². The SMILES string of the molecule is COC(=O)C(Br)CNC(C)c1ccc(Cl)cc1. The topological polar surface area (TPSA) is 38.3 Å². The van der Waals surface area contributed by atoms with E-state index >= 15 is 0 Å². The van der Waals surface area contributed by atoms with Crippen LogP contribution in [0.25, 0.3) is 0 Å². The molecule has 0 saturated heterocycles. The first-order chi connectivity index (χ1) is 8.04. The monoisotopic (exact) mass is 319 g/mol. The van der Waals surface area contributed by atoms with Gasteiger partial charge < -0.3 is 10.1 Å². The number of hydrogen-bond acceptors (Lipinski definition) is 3. The number of ether oxygens (including phenoxy) is 1. The first-order valence-corrected chi connectivity index (χ1v) is 6.54. The van der Waals surface area contributed by atoms with Gasteiger partial charge in [-0.25, -0.2) is 0 Å². The molecule has 17 heavy (non-hydrogen) atoms. The molecule has 0 aliphatic carbocycles. The van der Waals surface area contributed by atoms with Crippen LogP contribution in [-0.4, -0.2) is 24.5 Å². The molecule has 0 aromatic heterocycles. The van der Waals surface area contributed by atoms with E-state index in [0.29, 0.717) is 11.6 Å². The van der Waals surface area contributed by atoms with Gasteiger partial charge in [0.2, 0.25) is 0 Å². The Morgan fingerprint density at radius 1 is 1.47 bits per heavy atom. The maximum atomic E-state index is 11.2. The van der Waals surface area contributed by atoms with Gasteiger partial charge >= 0.3 is 5.97 Å². The summed E-state index contributed by atoms with van der Waals surface area (Å²) in [7, 11) is 1.37. The van der Waals surface area contributed by atoms with Crippen molar-refractivity contribution in [2.24, 2.45) is 0 Å². The Morgan fingerprint density at radius 2 is 2.06 bits per heavy atom. The van der Waals surface area contributed by atoms with Gasteiger partial charge in [0.15, 0.2) is 0 Å². The highest BCUT2D eigenvalue weighted by Gasteiger charge is 2.16. The van der Waals surface area contributed by atoms with Crippen molar-refractivity contribution in [3.8, 4) is 0 Å². The second-order valence-electron chi connectivity index (χ2n) is 3.67. The molecule has 1 N–H and O–H groups in total. The van der Waals surface area contributed by atoms with Crippen LogP contribution < -0.4 is 5.32 Å². The number of halogens is 2. The van der Waals surface area contributed by atoms with Crippen molar-refractivity contribution in [3.63, 3.8) is 0 Å². The van der Waals surface area contributed by atoms with E-state index in [1.54, 1.807) is 0 Å². The fourth-order valence-electron chi connectivity index (χ4n) is 1.36. The zero-order chi connectivity index (χ0) is 12.8. The molecule has 5 heteroatoms. The Kier molecular flexibility index (Phi) is 5.95. The molecule has 0 radical (unpaired) electrons. The summed E-state index contributed by atoms with van der Waals surface area (Å²) in [5.74, 6) is -0.277. The number of hydrogen-bond donors (Lipinski definition) is 1. The first kappa shape index (κ1) is 14.5. The predicted molar refractivity (Wildman–Crippen MR) is 72.6 cm³/mol. The van der Waals surface area contributed by atoms with E-state index in [1.807, 2.05) is 31.2 Å². The van der Waals surface area contributed by atoms with Gasteiger partial charge in [-0.1, -0.05) is 39.7 Å². The van der Waals surface area contributed by atoms with Crippen LogP contribution in [0, 0.1) is 0 Å². The molecule has 0 spiro atoms. The number of alkyl halides is 1. The second kappa shape index (κ2) is 6.99. The molecular formula is C12H15BrClNO2. The average molecular weight is 321 g/mol. The normalized spacial score (nSPS) is 14.1. The highest BCUT2D eigenvalue weighted by atomic mass is 79.9. The molecule has 1 rings (SSSR count). The standard InChI is InChI=1S/C12H15BrClNO2/c1-8(9-3-5-10(14)6-4-9)15-7-11(13)12(16)17-2/h3-6,8,11,15H,7H2,1-2H3. The van der Waals surface area contributed by atoms with E-state index < -0.39 is 0 Å². The van der Waals surface area contributed by atoms with Crippen LogP contribution in [0.4, 0.5) is 0 Å². The Labute approximate surface area is 115 Å². The average Bonchev–Trinajstić information content (AvgIpc) is 2.35. The molecule has 94 valence electrons. The fourth-order valence-corrected chi connectivity index (χ4v) is 1.86. The number of methoxy groups -OCH3 is 1. The lowest BCUT2D eigenvalue weighted by Gasteiger charge is -2.16. The Balaban J connectivity index is 2.47. The van der Waals surface area contributed by atoms with Crippen LogP contribution in [0.2, 0.25) is 5.02 Å². The van der Waals surface area contributed by atoms with Gasteiger partial charge in [-0.2, -0.15) is 0 Å². The predicted octanol–water partition coefficient (Wildman–Crippen LogP) is 2.93. The molecule has 2 unspecified atom stereocenters. The Bertz CT molecular complexity index is 369. The number of carbonyl (C=O) groups is 1. The summed E-state index contributed by atoms with van der Waals surface area (Å²) in [6.07, 6.45) is 0. The van der Waals surface area contributed by atoms with Crippen molar-refractivity contribution < 1.29 is 9.53 Å². The van der Waals surface area contributed by atoms with Crippen LogP contribution in [0.1, 0.15) is 18.5 Å². The van der Waals surface area contributed by atoms with Gasteiger partial charge in [0.05, 0.1) is 7.11 Å². The van der Waals surface area contributed by atoms with Crippen LogP contribution in [-0.2, 0) is 9.53 Å². The van der Waals surface area contributed by atoms with Crippen molar-refractivity contribution in [1.82, 2.24) is 5.32 Å². The molecule has 1 aromatic carbocycles. The quantitative estimate of drug-likeness (QED) is 0.669. The fraction of sp³-hybridized carbons (Fsp3) is 0.417. The number of carbonyl (C=O) groups excluding carboxylic acids is 1. The number of esters is 1. The molecule has 0 aliphatic heterocycles. The molecule has 0 aliphatic rings. The molecule has 1 aromatic rings. The number of benzene rings is 1. The van der Waals surface area contributed by atoms with Crippen molar-refractivity contribution in [2.75, 3.05) is 13.7 Å². The number of nitrogens with one attached hydrogen (secondary N) is 1. The summed E-state index contributed by atoms with van der Waals surface area (Å²) in [6, 6.07) is 7.77. The van der Waals surface area contributed by atoms with E-state index in [1.165, 1.54) is 7.11 Å². The zero-order valence-electron chi connectivity index (χ0n) is 9.74. The molecule has 0 amide bonds. The summed E-state index contributed by atoms with van der Waals surface area (Å²) in [6.45, 7) is 2.54. The minimum absolute atomic E-state index is 0.150. The Morgan fingerprint density at radius 3 is 2.59 bits per heavy atom. The molecule has 0 fully saturated rings. The lowest BCUT2D eigenvalue weighted by molar-refractivity contribution is -0.139. The molecule has 0 saturated carbocycles. The van der Waals surface area contributed by atoms with Gasteiger partial charge in [-0.15, -0.1) is 0 Å². The van der Waals surface area contributed by atoms with Crippen LogP contribution in [0.5, 0.6) is 0 Å². The molecule has 2 atom stereocenters. The van der Waals surface area contributed by atoms with Gasteiger partial charge in [-0.3, -0.25) is 4.79 Å². The van der Waals surface area contributed by atoms with Crippen molar-refractivity contribution >= 4 is 33.5 Å². The maximum absolute atomic E-state index is 11.2. The van der Waals surface area contributed by atoms with Crippen LogP contribution in [0.15, 0.2) is 24.3 Å². The molecule has 0 bridgehead atoms. The second-order valence-corrected chi connectivity index (χ2v) is 5.21. The van der Waals surface area contributed by atoms with E-state index in [-0.39, 0.29) is 16.8 Å². The molecular weight excluding hydrogens is 305 g/mol. The van der Waals surface area contributed by atoms with Gasteiger partial charge in [0.1, 0.15) is 4.83 Å². The summed E-state index contributed by atoms with van der Waals surface area (Å²) in [5.41, 5.74) is 1.12. The van der Waals surface area contributed by atoms with Crippen molar-refractivity contribution in [1.29, 1.82) is 0 Å². The van der Waals surface area contributed by atoms with Crippen molar-refractivity contribution in [3.05, 3.63) is 34.9 Å². The third-order valence-electron chi connectivity index (χ3n) is 2.43. The molecule has 3 nitrogen and oxygen atoms in total. The lowest BCUT2D eigenvalue weighted by Crippen LogP contribution is -2.31. The van der Waals surface area contributed by atoms with Crippen LogP contribution in [0.3, 0.4) is 0 Å². The summed E-state index contributed by atoms with van der Waals surface area (Å²) in [4.78, 5) is 10.8. The minimum Gasteiger partial charge on any atom is -0.468 e. The first-order valence-electron chi connectivity index (χ1n) is 5.25. The summed E-state index contributed by atoms with van der Waals surface area (Å²) < 4.78 is 4.62. The molecule has 0 heterocycles. The summed E-state index contributed by atoms with van der Waals surface area (Å²) >= 11 is 9.07. The largest absolute Gasteiger partial charge is 0.468 e. The van der Waals surface area contributed by atoms with Crippen molar-refractivity contribution in [2.45, 2.75) is 17.8 Å². The van der Waals surface area contributed by atoms with Gasteiger partial charge in [0.25, 0.3) is 0 Å². The van der Waals surface area contributed by atoms with Gasteiger partial charge in [0, 0.05) is 17.6 Å². The summed E-state index contributed by atoms with van der Waals surface area (Å²) in [5, 5.41) is 3.96.